The van der Waals surface area contributed by atoms with Crippen LogP contribution in [-0.2, 0) is 16.6 Å². The maximum Gasteiger partial charge on any atom is 0.326 e. The van der Waals surface area contributed by atoms with Crippen molar-refractivity contribution in [2.24, 2.45) is 7.05 Å². The molecule has 2 heterocycles. The number of benzene rings is 1. The van der Waals surface area contributed by atoms with Gasteiger partial charge in [0.05, 0.1) is 0 Å². The van der Waals surface area contributed by atoms with Crippen molar-refractivity contribution < 1.29 is 18.8 Å². The molecule has 148 valence electrons. The molecule has 0 saturated carbocycles. The van der Waals surface area contributed by atoms with E-state index in [1.54, 1.807) is 43.2 Å². The summed E-state index contributed by atoms with van der Waals surface area (Å²) in [4.78, 5) is 42.9. The predicted octanol–water partition coefficient (Wildman–Crippen LogP) is 1.44. The zero-order valence-electron chi connectivity index (χ0n) is 15.8. The molecule has 28 heavy (non-hydrogen) atoms. The summed E-state index contributed by atoms with van der Waals surface area (Å²) in [5.41, 5.74) is 0.578. The van der Waals surface area contributed by atoms with Gasteiger partial charge in [0.15, 0.2) is 0 Å². The van der Waals surface area contributed by atoms with E-state index < -0.39 is 11.9 Å². The van der Waals surface area contributed by atoms with Crippen molar-refractivity contribution in [2.45, 2.75) is 18.9 Å². The lowest BCUT2D eigenvalue weighted by Crippen LogP contribution is -2.34. The number of hydrogen-bond acceptors (Lipinski definition) is 4. The highest BCUT2D eigenvalue weighted by Crippen LogP contribution is 2.21. The number of rotatable bonds is 7. The third-order valence-corrected chi connectivity index (χ3v) is 4.62. The molecule has 1 atom stereocenters. The number of carbonyl (C=O) groups excluding carboxylic acids is 3. The molecule has 0 aliphatic carbocycles. The Labute approximate surface area is 161 Å². The van der Waals surface area contributed by atoms with Crippen LogP contribution >= 0.6 is 0 Å². The zero-order valence-corrected chi connectivity index (χ0v) is 15.8. The van der Waals surface area contributed by atoms with Gasteiger partial charge in [-0.25, -0.2) is 14.2 Å². The number of carbonyl (C=O) groups is 3. The van der Waals surface area contributed by atoms with E-state index >= 15 is 0 Å². The summed E-state index contributed by atoms with van der Waals surface area (Å²) in [7, 11) is 3.35. The lowest BCUT2D eigenvalue weighted by Gasteiger charge is -2.20. The first-order chi connectivity index (χ1) is 13.4. The first-order valence-corrected chi connectivity index (χ1v) is 8.94. The van der Waals surface area contributed by atoms with Crippen molar-refractivity contribution >= 4 is 17.8 Å². The fourth-order valence-corrected chi connectivity index (χ4v) is 3.16. The molecule has 1 aliphatic rings. The summed E-state index contributed by atoms with van der Waals surface area (Å²) in [5, 5.41) is 2.87. The average Bonchev–Trinajstić information content (AvgIpc) is 3.17. The molecule has 2 aromatic rings. The Morgan fingerprint density at radius 3 is 2.71 bits per heavy atom. The highest BCUT2D eigenvalue weighted by molar-refractivity contribution is 6.01. The van der Waals surface area contributed by atoms with Crippen molar-refractivity contribution in [1.82, 2.24) is 24.7 Å². The Balaban J connectivity index is 1.64. The van der Waals surface area contributed by atoms with E-state index in [2.05, 4.69) is 10.3 Å². The second-order valence-electron chi connectivity index (χ2n) is 6.74. The molecule has 1 aromatic heterocycles. The van der Waals surface area contributed by atoms with E-state index in [1.807, 2.05) is 0 Å². The number of hydrogen-bond donors (Lipinski definition) is 1. The van der Waals surface area contributed by atoms with Crippen LogP contribution in [0.3, 0.4) is 0 Å². The van der Waals surface area contributed by atoms with Gasteiger partial charge in [-0.2, -0.15) is 0 Å². The van der Waals surface area contributed by atoms with Crippen LogP contribution in [0.2, 0.25) is 0 Å². The lowest BCUT2D eigenvalue weighted by atomic mass is 10.1. The van der Waals surface area contributed by atoms with Gasteiger partial charge in [0.2, 0.25) is 11.8 Å². The molecule has 1 aliphatic heterocycles. The Kier molecular flexibility index (Phi) is 5.72. The molecule has 0 radical (unpaired) electrons. The maximum atomic E-state index is 13.7. The Hall–Kier alpha value is -3.23. The van der Waals surface area contributed by atoms with Crippen molar-refractivity contribution in [3.8, 4) is 0 Å². The van der Waals surface area contributed by atoms with Gasteiger partial charge in [0, 0.05) is 39.5 Å². The van der Waals surface area contributed by atoms with Crippen molar-refractivity contribution in [2.75, 3.05) is 20.1 Å². The van der Waals surface area contributed by atoms with Crippen LogP contribution in [0.5, 0.6) is 0 Å². The Morgan fingerprint density at radius 2 is 2.11 bits per heavy atom. The van der Waals surface area contributed by atoms with Gasteiger partial charge in [0.1, 0.15) is 24.2 Å². The van der Waals surface area contributed by atoms with Crippen molar-refractivity contribution in [1.29, 1.82) is 0 Å². The van der Waals surface area contributed by atoms with E-state index in [-0.39, 0.29) is 37.4 Å². The first kappa shape index (κ1) is 19.5. The molecule has 4 amide bonds. The summed E-state index contributed by atoms with van der Waals surface area (Å²) in [6.07, 6.45) is 3.81. The van der Waals surface area contributed by atoms with Gasteiger partial charge in [-0.15, -0.1) is 0 Å². The average molecular weight is 387 g/mol. The third kappa shape index (κ3) is 4.19. The van der Waals surface area contributed by atoms with Gasteiger partial charge < -0.3 is 14.8 Å². The number of nitrogens with one attached hydrogen (secondary N) is 1. The van der Waals surface area contributed by atoms with Gasteiger partial charge in [-0.3, -0.25) is 14.5 Å². The summed E-state index contributed by atoms with van der Waals surface area (Å²) in [5.74, 6) is -0.366. The number of imidazole rings is 1. The fourth-order valence-electron chi connectivity index (χ4n) is 3.16. The molecule has 9 heteroatoms. The minimum Gasteiger partial charge on any atom is -0.342 e. The van der Waals surface area contributed by atoms with Crippen molar-refractivity contribution in [3.05, 3.63) is 53.9 Å². The number of amides is 4. The van der Waals surface area contributed by atoms with E-state index in [9.17, 15) is 18.8 Å². The van der Waals surface area contributed by atoms with Crippen molar-refractivity contribution in [3.63, 3.8) is 0 Å². The minimum atomic E-state index is -0.607. The van der Waals surface area contributed by atoms with Crippen LogP contribution in [0.25, 0.3) is 0 Å². The van der Waals surface area contributed by atoms with Crippen LogP contribution in [0.1, 0.15) is 30.3 Å². The number of nitrogens with zero attached hydrogens (tertiary/aromatic N) is 4. The maximum absolute atomic E-state index is 13.7. The molecule has 1 N–H and O–H groups in total. The largest absolute Gasteiger partial charge is 0.342 e. The second kappa shape index (κ2) is 8.20. The predicted molar refractivity (Wildman–Crippen MR) is 98.6 cm³/mol. The summed E-state index contributed by atoms with van der Waals surface area (Å²) in [6.45, 7) is 0.244. The number of aromatic nitrogens is 2. The highest BCUT2D eigenvalue weighted by atomic mass is 19.1. The van der Waals surface area contributed by atoms with E-state index in [4.69, 9.17) is 0 Å². The molecule has 0 spiro atoms. The summed E-state index contributed by atoms with van der Waals surface area (Å²) in [6, 6.07) is 5.04. The SMILES string of the molecule is CN1CC(=O)N(CCCC(=O)NC(c2cccc(F)c2)c2nccn2C)C1=O. The van der Waals surface area contributed by atoms with Crippen LogP contribution in [-0.4, -0.2) is 57.3 Å². The molecule has 1 aromatic carbocycles. The summed E-state index contributed by atoms with van der Waals surface area (Å²) < 4.78 is 15.4. The van der Waals surface area contributed by atoms with Gasteiger partial charge in [0.25, 0.3) is 0 Å². The van der Waals surface area contributed by atoms with Crippen LogP contribution in [0, 0.1) is 5.82 Å². The van der Waals surface area contributed by atoms with E-state index in [0.29, 0.717) is 17.8 Å². The lowest BCUT2D eigenvalue weighted by molar-refractivity contribution is -0.126. The molecule has 1 fully saturated rings. The van der Waals surface area contributed by atoms with E-state index in [0.717, 1.165) is 4.90 Å². The van der Waals surface area contributed by atoms with Crippen LogP contribution < -0.4 is 5.32 Å². The molecule has 3 rings (SSSR count). The molecular weight excluding hydrogens is 365 g/mol. The van der Waals surface area contributed by atoms with Crippen LogP contribution in [0.4, 0.5) is 9.18 Å². The van der Waals surface area contributed by atoms with Gasteiger partial charge in [-0.1, -0.05) is 12.1 Å². The normalized spacial score (nSPS) is 15.2. The standard InChI is InChI=1S/C19H22FN5O3/c1-23-10-8-21-18(23)17(13-5-3-6-14(20)11-13)22-15(26)7-4-9-25-16(27)12-24(2)19(25)28/h3,5-6,8,10-11,17H,4,7,9,12H2,1-2H3,(H,22,26). The monoisotopic (exact) mass is 387 g/mol. The molecule has 0 bridgehead atoms. The molecular formula is C19H22FN5O3. The zero-order chi connectivity index (χ0) is 20.3. The van der Waals surface area contributed by atoms with Gasteiger partial charge in [-0.05, 0) is 24.1 Å². The third-order valence-electron chi connectivity index (χ3n) is 4.62. The Morgan fingerprint density at radius 1 is 1.32 bits per heavy atom. The number of urea groups is 1. The first-order valence-electron chi connectivity index (χ1n) is 8.94. The Bertz CT molecular complexity index is 897. The fraction of sp³-hybridized carbons (Fsp3) is 0.368. The highest BCUT2D eigenvalue weighted by Gasteiger charge is 2.33. The smallest absolute Gasteiger partial charge is 0.326 e. The van der Waals surface area contributed by atoms with E-state index in [1.165, 1.54) is 17.0 Å². The van der Waals surface area contributed by atoms with Gasteiger partial charge >= 0.3 is 6.03 Å². The quantitative estimate of drug-likeness (QED) is 0.729. The molecule has 1 saturated heterocycles. The van der Waals surface area contributed by atoms with Crippen LogP contribution in [0.15, 0.2) is 36.7 Å². The number of aryl methyl sites for hydroxylation is 1. The molecule has 8 nitrogen and oxygen atoms in total. The minimum absolute atomic E-state index is 0.0613. The topological polar surface area (TPSA) is 87.5 Å². The summed E-state index contributed by atoms with van der Waals surface area (Å²) >= 11 is 0. The number of imide groups is 1. The second-order valence-corrected chi connectivity index (χ2v) is 6.74. The molecule has 1 unspecified atom stereocenters. The number of halogens is 1. The number of likely N-dealkylation sites (N-methyl/N-ethyl adjacent to an activating group) is 1.